The van der Waals surface area contributed by atoms with Gasteiger partial charge in [0.2, 0.25) is 0 Å². The zero-order valence-electron chi connectivity index (χ0n) is 11.7. The van der Waals surface area contributed by atoms with Gasteiger partial charge in [0.25, 0.3) is 0 Å². The summed E-state index contributed by atoms with van der Waals surface area (Å²) >= 11 is 0. The van der Waals surface area contributed by atoms with Crippen LogP contribution in [0.5, 0.6) is 0 Å². The topological polar surface area (TPSA) is 3.24 Å². The average Bonchev–Trinajstić information content (AvgIpc) is 2.29. The van der Waals surface area contributed by atoms with Crippen molar-refractivity contribution in [2.45, 2.75) is 78.2 Å². The molecule has 0 bridgehead atoms. The van der Waals surface area contributed by atoms with Gasteiger partial charge in [0.15, 0.2) is 0 Å². The van der Waals surface area contributed by atoms with Gasteiger partial charge in [0, 0.05) is 6.04 Å². The quantitative estimate of drug-likeness (QED) is 0.578. The van der Waals surface area contributed by atoms with Crippen LogP contribution >= 0.6 is 0 Å². The zero-order chi connectivity index (χ0) is 11.8. The zero-order valence-corrected chi connectivity index (χ0v) is 11.7. The van der Waals surface area contributed by atoms with E-state index in [1.165, 1.54) is 64.5 Å². The van der Waals surface area contributed by atoms with Gasteiger partial charge in [-0.1, -0.05) is 33.6 Å². The fourth-order valence-electron chi connectivity index (χ4n) is 2.94. The Labute approximate surface area is 103 Å². The summed E-state index contributed by atoms with van der Waals surface area (Å²) in [7, 11) is 0. The molecular formula is C15H31N. The first-order valence-corrected chi connectivity index (χ1v) is 7.52. The Kier molecular flexibility index (Phi) is 7.11. The van der Waals surface area contributed by atoms with Crippen molar-refractivity contribution in [1.82, 2.24) is 4.90 Å². The maximum absolute atomic E-state index is 2.78. The Balaban J connectivity index is 2.30. The maximum Gasteiger partial charge on any atom is 0.00954 e. The van der Waals surface area contributed by atoms with E-state index in [0.717, 1.165) is 12.0 Å². The van der Waals surface area contributed by atoms with Crippen molar-refractivity contribution >= 4 is 0 Å². The van der Waals surface area contributed by atoms with Crippen LogP contribution in [0.15, 0.2) is 0 Å². The molecule has 1 fully saturated rings. The Morgan fingerprint density at radius 2 is 1.56 bits per heavy atom. The summed E-state index contributed by atoms with van der Waals surface area (Å²) in [5, 5.41) is 0. The highest BCUT2D eigenvalue weighted by Crippen LogP contribution is 2.27. The molecule has 96 valence electrons. The Bertz CT molecular complexity index is 159. The number of rotatable bonds is 7. The van der Waals surface area contributed by atoms with E-state index in [2.05, 4.69) is 25.7 Å². The van der Waals surface area contributed by atoms with Crippen LogP contribution < -0.4 is 0 Å². The third kappa shape index (κ3) is 4.86. The van der Waals surface area contributed by atoms with Gasteiger partial charge in [-0.25, -0.2) is 0 Å². The molecule has 0 radical (unpaired) electrons. The van der Waals surface area contributed by atoms with Crippen molar-refractivity contribution in [2.75, 3.05) is 13.1 Å². The Morgan fingerprint density at radius 1 is 0.875 bits per heavy atom. The molecular weight excluding hydrogens is 194 g/mol. The van der Waals surface area contributed by atoms with E-state index in [-0.39, 0.29) is 0 Å². The second-order valence-corrected chi connectivity index (χ2v) is 5.66. The van der Waals surface area contributed by atoms with Gasteiger partial charge in [0.1, 0.15) is 0 Å². The third-order valence-corrected chi connectivity index (χ3v) is 4.06. The van der Waals surface area contributed by atoms with Crippen molar-refractivity contribution in [1.29, 1.82) is 0 Å². The van der Waals surface area contributed by atoms with E-state index >= 15 is 0 Å². The molecule has 0 amide bonds. The van der Waals surface area contributed by atoms with Crippen LogP contribution in [0.3, 0.4) is 0 Å². The lowest BCUT2D eigenvalue weighted by Gasteiger charge is -2.36. The lowest BCUT2D eigenvalue weighted by molar-refractivity contribution is 0.137. The number of hydrogen-bond donors (Lipinski definition) is 0. The summed E-state index contributed by atoms with van der Waals surface area (Å²) in [6.45, 7) is 9.70. The minimum atomic E-state index is 0.910. The fourth-order valence-corrected chi connectivity index (χ4v) is 2.94. The molecule has 0 heterocycles. The van der Waals surface area contributed by atoms with E-state index in [4.69, 9.17) is 0 Å². The lowest BCUT2D eigenvalue weighted by atomic mass is 9.86. The highest BCUT2D eigenvalue weighted by Gasteiger charge is 2.22. The first-order valence-electron chi connectivity index (χ1n) is 7.52. The molecule has 0 spiro atoms. The third-order valence-electron chi connectivity index (χ3n) is 4.06. The summed E-state index contributed by atoms with van der Waals surface area (Å²) < 4.78 is 0. The summed E-state index contributed by atoms with van der Waals surface area (Å²) in [4.78, 5) is 2.78. The van der Waals surface area contributed by atoms with Crippen LogP contribution in [0, 0.1) is 5.92 Å². The van der Waals surface area contributed by atoms with E-state index < -0.39 is 0 Å². The summed E-state index contributed by atoms with van der Waals surface area (Å²) in [5.41, 5.74) is 0. The second-order valence-electron chi connectivity index (χ2n) is 5.66. The smallest absolute Gasteiger partial charge is 0.00954 e. The SMILES string of the molecule is CCCCCN(CCC)C1CCC(C)CC1. The molecule has 1 heteroatoms. The van der Waals surface area contributed by atoms with E-state index in [1.807, 2.05) is 0 Å². The number of unbranched alkanes of at least 4 members (excludes halogenated alkanes) is 2. The van der Waals surface area contributed by atoms with Crippen LogP contribution in [-0.2, 0) is 0 Å². The predicted molar refractivity (Wildman–Crippen MR) is 72.8 cm³/mol. The first kappa shape index (κ1) is 14.0. The van der Waals surface area contributed by atoms with Crippen molar-refractivity contribution in [3.63, 3.8) is 0 Å². The molecule has 0 unspecified atom stereocenters. The van der Waals surface area contributed by atoms with Crippen LogP contribution in [0.4, 0.5) is 0 Å². The molecule has 1 aliphatic carbocycles. The standard InChI is InChI=1S/C15H31N/c1-4-6-7-13-16(12-5-2)15-10-8-14(3)9-11-15/h14-15H,4-13H2,1-3H3. The van der Waals surface area contributed by atoms with Crippen molar-refractivity contribution in [3.8, 4) is 0 Å². The maximum atomic E-state index is 2.78. The Hall–Kier alpha value is -0.0400. The van der Waals surface area contributed by atoms with Crippen molar-refractivity contribution < 1.29 is 0 Å². The molecule has 16 heavy (non-hydrogen) atoms. The van der Waals surface area contributed by atoms with E-state index in [0.29, 0.717) is 0 Å². The summed E-state index contributed by atoms with van der Waals surface area (Å²) in [6.07, 6.45) is 11.3. The molecule has 1 rings (SSSR count). The van der Waals surface area contributed by atoms with Gasteiger partial charge < -0.3 is 4.90 Å². The molecule has 1 saturated carbocycles. The average molecular weight is 225 g/mol. The molecule has 1 aliphatic rings. The molecule has 0 atom stereocenters. The van der Waals surface area contributed by atoms with E-state index in [1.54, 1.807) is 0 Å². The molecule has 0 aromatic rings. The molecule has 0 aliphatic heterocycles. The fraction of sp³-hybridized carbons (Fsp3) is 1.00. The van der Waals surface area contributed by atoms with Gasteiger partial charge in [-0.3, -0.25) is 0 Å². The van der Waals surface area contributed by atoms with Gasteiger partial charge in [-0.05, 0) is 57.5 Å². The number of hydrogen-bond acceptors (Lipinski definition) is 1. The minimum absolute atomic E-state index is 0.910. The molecule has 0 aromatic heterocycles. The van der Waals surface area contributed by atoms with Crippen LogP contribution in [0.1, 0.15) is 72.1 Å². The Morgan fingerprint density at radius 3 is 2.12 bits per heavy atom. The summed E-state index contributed by atoms with van der Waals surface area (Å²) in [6, 6.07) is 0.910. The van der Waals surface area contributed by atoms with Gasteiger partial charge in [-0.15, -0.1) is 0 Å². The second kappa shape index (κ2) is 8.11. The van der Waals surface area contributed by atoms with E-state index in [9.17, 15) is 0 Å². The molecule has 1 nitrogen and oxygen atoms in total. The minimum Gasteiger partial charge on any atom is -0.300 e. The van der Waals surface area contributed by atoms with Gasteiger partial charge in [0.05, 0.1) is 0 Å². The molecule has 0 N–H and O–H groups in total. The van der Waals surface area contributed by atoms with Crippen molar-refractivity contribution in [3.05, 3.63) is 0 Å². The predicted octanol–water partition coefficient (Wildman–Crippen LogP) is 4.47. The largest absolute Gasteiger partial charge is 0.300 e. The van der Waals surface area contributed by atoms with Crippen LogP contribution in [0.25, 0.3) is 0 Å². The molecule has 0 saturated heterocycles. The summed E-state index contributed by atoms with van der Waals surface area (Å²) in [5.74, 6) is 0.982. The van der Waals surface area contributed by atoms with Crippen LogP contribution in [-0.4, -0.2) is 24.0 Å². The van der Waals surface area contributed by atoms with Crippen LogP contribution in [0.2, 0.25) is 0 Å². The van der Waals surface area contributed by atoms with Gasteiger partial charge in [-0.2, -0.15) is 0 Å². The highest BCUT2D eigenvalue weighted by molar-refractivity contribution is 4.78. The lowest BCUT2D eigenvalue weighted by Crippen LogP contribution is -2.39. The monoisotopic (exact) mass is 225 g/mol. The normalized spacial score (nSPS) is 26.2. The first-order chi connectivity index (χ1) is 7.77. The number of nitrogens with zero attached hydrogens (tertiary/aromatic N) is 1. The highest BCUT2D eigenvalue weighted by atomic mass is 15.1. The molecule has 0 aromatic carbocycles. The van der Waals surface area contributed by atoms with Crippen molar-refractivity contribution in [2.24, 2.45) is 5.92 Å². The van der Waals surface area contributed by atoms with Gasteiger partial charge >= 0.3 is 0 Å².